The lowest BCUT2D eigenvalue weighted by molar-refractivity contribution is -0.382. The molecule has 3 aromatic heterocycles. The SMILES string of the molecule is C[N+](c1ccccc1)=P(CCOc1ccccc1-c1c2nc(c(-c3ccccc3OCCP(c3ccccc3)(c3ccccc3)=[N+](C)c3ccccc3)c3ccc([nH]3)c(-c3ccccc3OCCP(c3ccccc3)(c3ccccc3)=[N+](C)c3ccccc3)c3nc(c(-c4ccccc4OCCP(=Nc4ccccc4)(c4ccccc4)c4ccccc4)c4ccc1[nH]4)C=C3)C=C2)(c1ccccc1)c1ccccc1. The van der Waals surface area contributed by atoms with Gasteiger partial charge < -0.3 is 28.9 Å². The van der Waals surface area contributed by atoms with E-state index in [4.69, 9.17) is 33.7 Å². The number of rotatable bonds is 32. The molecule has 8 bridgehead atoms. The molecule has 0 aliphatic carbocycles. The number of aromatic nitrogens is 4. The van der Waals surface area contributed by atoms with E-state index >= 15 is 0 Å². The molecule has 2 aliphatic heterocycles. The summed E-state index contributed by atoms with van der Waals surface area (Å²) in [4.78, 5) is 20.5. The molecule has 0 atom stereocenters. The highest BCUT2D eigenvalue weighted by atomic mass is 31.2. The monoisotopic (exact) mass is 1940 g/mol. The number of hydrogen-bond acceptors (Lipinski definition) is 7. The number of fused-ring (bicyclic) bond motifs is 8. The van der Waals surface area contributed by atoms with Crippen molar-refractivity contribution in [3.05, 3.63) is 508 Å². The third kappa shape index (κ3) is 19.1. The molecule has 16 heteroatoms. The van der Waals surface area contributed by atoms with Gasteiger partial charge in [0, 0.05) is 148 Å². The standard InChI is InChI=1S/C127H111N8O4P4/c1-133(97-50-18-5-19-51-97)141(102-60-28-10-29-61-102,103-62-30-11-31-63-103)93-89-137-121-77-45-41-73-109(121)125-114-82-80-112(128-114)124(108-72-40-44-76-120(108)136-88-92-140(100-56-24-8-25-57-100,101-58-26-9-27-59-101)132-96-48-16-4-17-49-96)113-81-83-115(129-113)126(110-74-42-46-78-122(110)138-90-94-142(104-64-32-12-33-65-104,105-66-34-13-35-67-105)134(2)98-52-20-6-21-53-98)117-85-87-119(131-117)127(118-86-84-116(125)130-118)111-75-43-47-79-123(111)139-91-95-143(106-68-36-14-37-69-106,107-70-38-15-39-71-107)135(3)99-54-22-7-23-55-99/h4-87,128,131H,88-95H2,1-3H3/q+3. The van der Waals surface area contributed by atoms with Crippen LogP contribution in [-0.4, -0.2) is 105 Å². The lowest BCUT2D eigenvalue weighted by Crippen LogP contribution is -2.27. The van der Waals surface area contributed by atoms with E-state index in [0.29, 0.717) is 96.8 Å². The van der Waals surface area contributed by atoms with E-state index in [2.05, 4.69) is 554 Å². The number of benzene rings is 16. The van der Waals surface area contributed by atoms with Crippen molar-refractivity contribution in [1.29, 1.82) is 0 Å². The van der Waals surface area contributed by atoms with Crippen LogP contribution in [0.3, 0.4) is 0 Å². The molecule has 0 radical (unpaired) electrons. The maximum absolute atomic E-state index is 7.59. The van der Waals surface area contributed by atoms with E-state index in [1.165, 1.54) is 31.8 Å². The van der Waals surface area contributed by atoms with Crippen LogP contribution in [0.5, 0.6) is 23.0 Å². The van der Waals surface area contributed by atoms with Crippen LogP contribution in [0.15, 0.2) is 490 Å². The highest BCUT2D eigenvalue weighted by molar-refractivity contribution is 7.81. The molecule has 0 saturated carbocycles. The first-order valence-electron chi connectivity index (χ1n) is 48.8. The summed E-state index contributed by atoms with van der Waals surface area (Å²) in [6, 6.07) is 173. The topological polar surface area (TPSA) is 116 Å². The minimum Gasteiger partial charge on any atom is -0.492 e. The van der Waals surface area contributed by atoms with Gasteiger partial charge in [0.15, 0.2) is 21.2 Å². The number of ether oxygens (including phenoxy) is 4. The second-order valence-electron chi connectivity index (χ2n) is 35.6. The third-order valence-corrected chi connectivity index (χ3v) is 44.4. The zero-order chi connectivity index (χ0) is 96.6. The molecule has 0 spiro atoms. The van der Waals surface area contributed by atoms with Crippen LogP contribution >= 0.6 is 28.2 Å². The Bertz CT molecular complexity index is 7860. The van der Waals surface area contributed by atoms with Crippen LogP contribution in [0, 0.1) is 0 Å². The summed E-state index contributed by atoms with van der Waals surface area (Å²) < 4.78 is 43.7. The van der Waals surface area contributed by atoms with E-state index in [-0.39, 0.29) is 0 Å². The first-order chi connectivity index (χ1) is 70.6. The summed E-state index contributed by atoms with van der Waals surface area (Å²) in [6.07, 6.45) is 11.3. The maximum Gasteiger partial charge on any atom is 0.200 e. The van der Waals surface area contributed by atoms with E-state index < -0.39 is 28.2 Å². The Morgan fingerprint density at radius 1 is 0.217 bits per heavy atom. The van der Waals surface area contributed by atoms with Crippen LogP contribution in [0.1, 0.15) is 22.8 Å². The smallest absolute Gasteiger partial charge is 0.200 e. The van der Waals surface area contributed by atoms with Crippen molar-refractivity contribution >= 4 is 140 Å². The molecular formula is C127H111N8O4P4+3. The van der Waals surface area contributed by atoms with Gasteiger partial charge in [-0.05, 0) is 168 Å². The lowest BCUT2D eigenvalue weighted by atomic mass is 10.0. The van der Waals surface area contributed by atoms with Gasteiger partial charge in [-0.2, -0.15) is 0 Å². The van der Waals surface area contributed by atoms with Gasteiger partial charge in [-0.3, -0.25) is 4.74 Å². The van der Waals surface area contributed by atoms with Crippen molar-refractivity contribution in [2.75, 3.05) is 72.2 Å². The van der Waals surface area contributed by atoms with E-state index in [1.807, 2.05) is 0 Å². The van der Waals surface area contributed by atoms with Crippen molar-refractivity contribution in [3.8, 4) is 67.5 Å². The highest BCUT2D eigenvalue weighted by Crippen LogP contribution is 2.55. The van der Waals surface area contributed by atoms with Crippen LogP contribution in [0.2, 0.25) is 0 Å². The molecule has 19 aromatic rings. The van der Waals surface area contributed by atoms with Gasteiger partial charge in [-0.25, -0.2) is 23.0 Å². The molecule has 143 heavy (non-hydrogen) atoms. The summed E-state index contributed by atoms with van der Waals surface area (Å²) in [5.74, 6) is 2.79. The van der Waals surface area contributed by atoms with Crippen molar-refractivity contribution in [1.82, 2.24) is 19.9 Å². The number of aromatic amines is 2. The predicted octanol–water partition coefficient (Wildman–Crippen LogP) is 28.5. The second kappa shape index (κ2) is 43.1. The number of para-hydroxylation sites is 7. The molecule has 0 amide bonds. The van der Waals surface area contributed by atoms with Crippen molar-refractivity contribution < 1.29 is 31.9 Å². The number of nitrogens with zero attached hydrogens (tertiary/aromatic N) is 6. The van der Waals surface area contributed by atoms with E-state index in [1.54, 1.807) is 0 Å². The molecule has 21 rings (SSSR count). The number of H-pyrrole nitrogens is 2. The summed E-state index contributed by atoms with van der Waals surface area (Å²) >= 11 is 0. The largest absolute Gasteiger partial charge is 0.492 e. The number of nitrogens with one attached hydrogen (secondary N) is 2. The van der Waals surface area contributed by atoms with Gasteiger partial charge >= 0.3 is 0 Å². The van der Waals surface area contributed by atoms with E-state index in [9.17, 15) is 0 Å². The normalized spacial score (nSPS) is 11.9. The van der Waals surface area contributed by atoms with Gasteiger partial charge in [0.1, 0.15) is 44.1 Å². The average molecular weight is 1940 g/mol. The molecule has 5 heterocycles. The van der Waals surface area contributed by atoms with Gasteiger partial charge in [0.2, 0.25) is 17.1 Å². The first-order valence-corrected chi connectivity index (χ1v) is 56.5. The Kier molecular flexibility index (Phi) is 28.2. The molecule has 700 valence electrons. The Labute approximate surface area is 838 Å². The van der Waals surface area contributed by atoms with Crippen LogP contribution in [0.25, 0.3) is 90.9 Å². The molecule has 0 fully saturated rings. The fourth-order valence-corrected chi connectivity index (χ4v) is 36.0. The van der Waals surface area contributed by atoms with Crippen LogP contribution in [0.4, 0.5) is 22.7 Å². The maximum atomic E-state index is 7.59. The quantitative estimate of drug-likeness (QED) is 0.0406. The Hall–Kier alpha value is -15.8. The molecule has 2 N–H and O–H groups in total. The summed E-state index contributed by atoms with van der Waals surface area (Å²) in [7, 11) is -3.30. The Balaban J connectivity index is 0.785. The first kappa shape index (κ1) is 93.5. The predicted molar refractivity (Wildman–Crippen MR) is 604 cm³/mol. The molecule has 12 nitrogen and oxygen atoms in total. The van der Waals surface area contributed by atoms with Crippen LogP contribution in [-0.2, 0) is 0 Å². The van der Waals surface area contributed by atoms with Crippen LogP contribution < -0.4 is 61.4 Å². The molecule has 2 aliphatic rings. The molecule has 0 unspecified atom stereocenters. The van der Waals surface area contributed by atoms with Crippen molar-refractivity contribution in [2.24, 2.45) is 4.74 Å². The molecular weight excluding hydrogens is 1830 g/mol. The van der Waals surface area contributed by atoms with Gasteiger partial charge in [-0.1, -0.05) is 315 Å². The Morgan fingerprint density at radius 2 is 0.413 bits per heavy atom. The second-order valence-corrected chi connectivity index (χ2v) is 49.6. The van der Waals surface area contributed by atoms with Gasteiger partial charge in [0.05, 0.1) is 73.4 Å². The highest BCUT2D eigenvalue weighted by Gasteiger charge is 2.40. The van der Waals surface area contributed by atoms with Crippen molar-refractivity contribution in [3.63, 3.8) is 0 Å². The average Bonchev–Trinajstić information content (AvgIpc) is 1.72. The fraction of sp³-hybridized carbons (Fsp3) is 0.0866. The Morgan fingerprint density at radius 3 is 0.650 bits per heavy atom. The minimum atomic E-state index is -2.60. The minimum absolute atomic E-state index is 0.328. The third-order valence-electron chi connectivity index (χ3n) is 27.5. The van der Waals surface area contributed by atoms with E-state index in [0.717, 1.165) is 99.9 Å². The van der Waals surface area contributed by atoms with Crippen molar-refractivity contribution in [2.45, 2.75) is 0 Å². The molecule has 16 aromatic carbocycles. The summed E-state index contributed by atoms with van der Waals surface area (Å²) in [5, 5.41) is 9.84. The van der Waals surface area contributed by atoms with Gasteiger partial charge in [0.25, 0.3) is 0 Å². The summed E-state index contributed by atoms with van der Waals surface area (Å²) in [5.41, 5.74) is 17.0. The number of hydrogen-bond donors (Lipinski definition) is 2. The fourth-order valence-electron chi connectivity index (χ4n) is 20.6. The summed E-state index contributed by atoms with van der Waals surface area (Å²) in [6.45, 7) is 1.43. The lowest BCUT2D eigenvalue weighted by Gasteiger charge is -2.26. The zero-order valence-electron chi connectivity index (χ0n) is 80.3. The van der Waals surface area contributed by atoms with Gasteiger partial charge in [-0.15, -0.1) is 0 Å². The zero-order valence-corrected chi connectivity index (χ0v) is 83.8. The molecule has 0 saturated heterocycles.